The zero-order valence-electron chi connectivity index (χ0n) is 26.3. The molecule has 0 saturated heterocycles. The molecule has 0 radical (unpaired) electrons. The number of fused-ring (bicyclic) bond motifs is 5. The maximum atomic E-state index is 12.4. The van der Waals surface area contributed by atoms with Gasteiger partial charge in [-0.1, -0.05) is 65.5 Å². The summed E-state index contributed by atoms with van der Waals surface area (Å²) in [4.78, 5) is 34.6. The van der Waals surface area contributed by atoms with Gasteiger partial charge in [-0.3, -0.25) is 9.59 Å². The number of amides is 2. The number of hydrogen-bond donors (Lipinski definition) is 3. The van der Waals surface area contributed by atoms with Crippen molar-refractivity contribution in [3.8, 4) is 0 Å². The fourth-order valence-corrected chi connectivity index (χ4v) is 9.62. The lowest BCUT2D eigenvalue weighted by Gasteiger charge is -2.58. The second kappa shape index (κ2) is 13.5. The van der Waals surface area contributed by atoms with Gasteiger partial charge in [-0.05, 0) is 91.3 Å². The van der Waals surface area contributed by atoms with Crippen molar-refractivity contribution in [2.75, 3.05) is 13.1 Å². The minimum Gasteiger partial charge on any atom is -0.481 e. The fraction of sp³-hybridized carbons (Fsp3) is 0.853. The van der Waals surface area contributed by atoms with Gasteiger partial charge in [-0.25, -0.2) is 4.79 Å². The molecule has 7 heteroatoms. The van der Waals surface area contributed by atoms with Crippen LogP contribution in [0.1, 0.15) is 118 Å². The van der Waals surface area contributed by atoms with Gasteiger partial charge < -0.3 is 20.5 Å². The number of nitrogens with one attached hydrogen (secondary N) is 2. The SMILES string of the molecule is CC(C)CCC[C@@H](C)[C@H]1CC[C@H]2[C@@H]3CC=C4C[C@@H](OC(=O)NCCNC(=O)CCC(=O)O)CC[C@]4(C)[C@H]3CC[C@]12C. The minimum absolute atomic E-state index is 0.0598. The second-order valence-corrected chi connectivity index (χ2v) is 14.7. The Morgan fingerprint density at radius 2 is 1.73 bits per heavy atom. The van der Waals surface area contributed by atoms with Crippen LogP contribution in [0.2, 0.25) is 0 Å². The van der Waals surface area contributed by atoms with Crippen LogP contribution < -0.4 is 10.6 Å². The third-order valence-corrected chi connectivity index (χ3v) is 11.8. The summed E-state index contributed by atoms with van der Waals surface area (Å²) in [5, 5.41) is 14.0. The van der Waals surface area contributed by atoms with Crippen molar-refractivity contribution in [3.63, 3.8) is 0 Å². The van der Waals surface area contributed by atoms with E-state index < -0.39 is 12.1 Å². The summed E-state index contributed by atoms with van der Waals surface area (Å²) in [5.74, 6) is 3.57. The van der Waals surface area contributed by atoms with Gasteiger partial charge in [0.1, 0.15) is 6.10 Å². The van der Waals surface area contributed by atoms with Crippen molar-refractivity contribution in [3.05, 3.63) is 11.6 Å². The molecule has 2 amide bonds. The Bertz CT molecular complexity index is 978. The molecule has 4 aliphatic rings. The van der Waals surface area contributed by atoms with Crippen LogP contribution in [0.3, 0.4) is 0 Å². The Hall–Kier alpha value is -2.05. The average Bonchev–Trinajstić information content (AvgIpc) is 3.27. The Morgan fingerprint density at radius 1 is 0.976 bits per heavy atom. The number of carboxylic acid groups (broad SMARTS) is 1. The lowest BCUT2D eigenvalue weighted by molar-refractivity contribution is -0.138. The molecule has 4 aliphatic carbocycles. The molecule has 0 aromatic carbocycles. The molecular formula is C34H56N2O5. The summed E-state index contributed by atoms with van der Waals surface area (Å²) >= 11 is 0. The van der Waals surface area contributed by atoms with Gasteiger partial charge >= 0.3 is 12.1 Å². The van der Waals surface area contributed by atoms with Crippen LogP contribution in [-0.2, 0) is 14.3 Å². The van der Waals surface area contributed by atoms with Gasteiger partial charge in [0.25, 0.3) is 0 Å². The first kappa shape index (κ1) is 31.9. The number of aliphatic carboxylic acids is 1. The van der Waals surface area contributed by atoms with E-state index in [9.17, 15) is 14.4 Å². The van der Waals surface area contributed by atoms with E-state index in [0.29, 0.717) is 5.41 Å². The third-order valence-electron chi connectivity index (χ3n) is 11.8. The molecule has 0 aliphatic heterocycles. The van der Waals surface area contributed by atoms with Gasteiger partial charge in [-0.2, -0.15) is 0 Å². The number of carboxylic acids is 1. The Morgan fingerprint density at radius 3 is 2.46 bits per heavy atom. The smallest absolute Gasteiger partial charge is 0.407 e. The maximum absolute atomic E-state index is 12.4. The standard InChI is InChI=1S/C34H56N2O5/c1-22(2)7-6-8-23(3)27-11-12-28-26-10-9-24-21-25(15-17-33(24,4)29(26)16-18-34(27,28)5)41-32(40)36-20-19-35-30(37)13-14-31(38)39/h9,22-23,25-29H,6-8,10-21H2,1-5H3,(H,35,37)(H,36,40)(H,38,39)/t23-,25+,26+,27-,28+,29+,33+,34-/m1/s1. The van der Waals surface area contributed by atoms with Crippen molar-refractivity contribution in [2.45, 2.75) is 124 Å². The van der Waals surface area contributed by atoms with Crippen LogP contribution in [0.4, 0.5) is 4.79 Å². The number of rotatable bonds is 12. The highest BCUT2D eigenvalue weighted by atomic mass is 16.6. The van der Waals surface area contributed by atoms with E-state index in [1.54, 1.807) is 0 Å². The van der Waals surface area contributed by atoms with E-state index >= 15 is 0 Å². The summed E-state index contributed by atoms with van der Waals surface area (Å²) in [5.41, 5.74) is 2.23. The first-order valence-corrected chi connectivity index (χ1v) is 16.6. The molecule has 0 aromatic heterocycles. The van der Waals surface area contributed by atoms with Crippen molar-refractivity contribution in [2.24, 2.45) is 46.3 Å². The highest BCUT2D eigenvalue weighted by Crippen LogP contribution is 2.67. The number of ether oxygens (including phenoxy) is 1. The van der Waals surface area contributed by atoms with Crippen LogP contribution in [0.5, 0.6) is 0 Å². The van der Waals surface area contributed by atoms with Crippen molar-refractivity contribution >= 4 is 18.0 Å². The lowest BCUT2D eigenvalue weighted by Crippen LogP contribution is -2.51. The monoisotopic (exact) mass is 572 g/mol. The van der Waals surface area contributed by atoms with Gasteiger partial charge in [0.05, 0.1) is 6.42 Å². The van der Waals surface area contributed by atoms with Gasteiger partial charge in [0.2, 0.25) is 5.91 Å². The van der Waals surface area contributed by atoms with E-state index in [4.69, 9.17) is 9.84 Å². The van der Waals surface area contributed by atoms with Crippen LogP contribution in [0, 0.1) is 46.3 Å². The van der Waals surface area contributed by atoms with Gasteiger partial charge in [0, 0.05) is 25.9 Å². The lowest BCUT2D eigenvalue weighted by atomic mass is 9.47. The van der Waals surface area contributed by atoms with E-state index in [2.05, 4.69) is 51.3 Å². The van der Waals surface area contributed by atoms with Gasteiger partial charge in [-0.15, -0.1) is 0 Å². The van der Waals surface area contributed by atoms with Crippen LogP contribution >= 0.6 is 0 Å². The molecule has 0 heterocycles. The Labute approximate surface area is 248 Å². The zero-order valence-corrected chi connectivity index (χ0v) is 26.3. The second-order valence-electron chi connectivity index (χ2n) is 14.7. The molecule has 232 valence electrons. The molecule has 3 N–H and O–H groups in total. The van der Waals surface area contributed by atoms with Gasteiger partial charge in [0.15, 0.2) is 0 Å². The number of carbonyl (C=O) groups excluding carboxylic acids is 2. The summed E-state index contributed by atoms with van der Waals surface area (Å²) in [7, 11) is 0. The Kier molecular flexibility index (Phi) is 10.5. The molecular weight excluding hydrogens is 516 g/mol. The summed E-state index contributed by atoms with van der Waals surface area (Å²) in [6, 6.07) is 0. The quantitative estimate of drug-likeness (QED) is 0.171. The molecule has 41 heavy (non-hydrogen) atoms. The van der Waals surface area contributed by atoms with E-state index in [0.717, 1.165) is 54.8 Å². The topological polar surface area (TPSA) is 105 Å². The molecule has 0 spiro atoms. The molecule has 0 aromatic rings. The molecule has 3 fully saturated rings. The predicted molar refractivity (Wildman–Crippen MR) is 161 cm³/mol. The van der Waals surface area contributed by atoms with Crippen molar-refractivity contribution in [1.82, 2.24) is 10.6 Å². The maximum Gasteiger partial charge on any atom is 0.407 e. The first-order valence-electron chi connectivity index (χ1n) is 16.6. The minimum atomic E-state index is -0.999. The number of alkyl carbamates (subject to hydrolysis) is 1. The number of allylic oxidation sites excluding steroid dienone is 1. The Balaban J connectivity index is 1.27. The molecule has 0 bridgehead atoms. The van der Waals surface area contributed by atoms with Crippen molar-refractivity contribution < 1.29 is 24.2 Å². The molecule has 7 nitrogen and oxygen atoms in total. The molecule has 8 atom stereocenters. The number of hydrogen-bond acceptors (Lipinski definition) is 4. The van der Waals surface area contributed by atoms with Crippen molar-refractivity contribution in [1.29, 1.82) is 0 Å². The zero-order chi connectivity index (χ0) is 29.8. The fourth-order valence-electron chi connectivity index (χ4n) is 9.62. The van der Waals surface area contributed by atoms with E-state index in [1.165, 1.54) is 56.9 Å². The van der Waals surface area contributed by atoms with Crippen LogP contribution in [0.15, 0.2) is 11.6 Å². The van der Waals surface area contributed by atoms with Crippen LogP contribution in [-0.4, -0.2) is 42.3 Å². The summed E-state index contributed by atoms with van der Waals surface area (Å²) in [6.07, 6.45) is 15.4. The van der Waals surface area contributed by atoms with E-state index in [1.807, 2.05) is 0 Å². The molecule has 0 unspecified atom stereocenters. The first-order chi connectivity index (χ1) is 19.4. The number of carbonyl (C=O) groups is 3. The largest absolute Gasteiger partial charge is 0.481 e. The summed E-state index contributed by atoms with van der Waals surface area (Å²) in [6.45, 7) is 12.9. The van der Waals surface area contributed by atoms with Crippen LogP contribution in [0.25, 0.3) is 0 Å². The van der Waals surface area contributed by atoms with E-state index in [-0.39, 0.29) is 43.4 Å². The highest BCUT2D eigenvalue weighted by Gasteiger charge is 2.59. The molecule has 3 saturated carbocycles. The normalized spacial score (nSPS) is 35.0. The highest BCUT2D eigenvalue weighted by molar-refractivity contribution is 5.80. The molecule has 4 rings (SSSR count). The average molecular weight is 573 g/mol. The third kappa shape index (κ3) is 7.30. The summed E-state index contributed by atoms with van der Waals surface area (Å²) < 4.78 is 5.80. The predicted octanol–water partition coefficient (Wildman–Crippen LogP) is 7.10.